The van der Waals surface area contributed by atoms with Gasteiger partial charge in [-0.1, -0.05) is 32.0 Å². The van der Waals surface area contributed by atoms with Gasteiger partial charge >= 0.3 is 5.97 Å². The van der Waals surface area contributed by atoms with Crippen molar-refractivity contribution in [2.45, 2.75) is 111 Å². The molecule has 37 heavy (non-hydrogen) atoms. The van der Waals surface area contributed by atoms with E-state index in [4.69, 9.17) is 14.2 Å². The molecule has 0 aromatic heterocycles. The highest BCUT2D eigenvalue weighted by Gasteiger charge is 2.45. The number of unbranched alkanes of at least 4 members (excludes halogenated alkanes) is 1. The van der Waals surface area contributed by atoms with Gasteiger partial charge in [-0.05, 0) is 47.5 Å². The number of carbonyl (C=O) groups excluding carboxylic acids is 4. The molecule has 2 atom stereocenters. The van der Waals surface area contributed by atoms with E-state index in [1.165, 1.54) is 0 Å². The molecule has 11 heteroatoms. The number of rotatable bonds is 14. The molecule has 1 rings (SSSR count). The normalized spacial score (nSPS) is 19.5. The summed E-state index contributed by atoms with van der Waals surface area (Å²) < 4.78 is 16.6. The Balaban J connectivity index is 2.13. The first kappa shape index (κ1) is 33.3. The Hall–Kier alpha value is -1.69. The number of hydrogen-bond donors (Lipinski definition) is 3. The standard InChI is InChI=1S/C26H46N2O8S/c1-24(2,3)35-20(31)11-9-8-10-18(29)16-21(32)37-15-14-27-19(30)12-13-28-23(33)22-25(4,5)17-34-26(6,7)36-22/h18,22,29H,8-17H2,1-7H3,(H,27,30)(H,28,33)/t18?,22-/m0/s1. The van der Waals surface area contributed by atoms with E-state index in [0.29, 0.717) is 38.2 Å². The Kier molecular flexibility index (Phi) is 13.6. The smallest absolute Gasteiger partial charge is 0.306 e. The van der Waals surface area contributed by atoms with Crippen LogP contribution in [-0.2, 0) is 33.4 Å². The molecule has 0 saturated carbocycles. The van der Waals surface area contributed by atoms with Gasteiger partial charge in [0.2, 0.25) is 11.8 Å². The van der Waals surface area contributed by atoms with Gasteiger partial charge in [-0.25, -0.2) is 0 Å². The topological polar surface area (TPSA) is 140 Å². The SMILES string of the molecule is CC(C)(C)OC(=O)CCCCC(O)CC(=O)SCCNC(=O)CCNC(=O)[C@@H]1OC(C)(C)OCC1(C)C. The summed E-state index contributed by atoms with van der Waals surface area (Å²) >= 11 is 1.06. The van der Waals surface area contributed by atoms with E-state index in [1.54, 1.807) is 13.8 Å². The lowest BCUT2D eigenvalue weighted by atomic mass is 9.85. The third-order valence-corrected chi connectivity index (χ3v) is 6.37. The molecule has 0 radical (unpaired) electrons. The van der Waals surface area contributed by atoms with E-state index < -0.39 is 29.0 Å². The number of thioether (sulfide) groups is 1. The molecule has 214 valence electrons. The van der Waals surface area contributed by atoms with Crippen LogP contribution in [-0.4, -0.2) is 77.1 Å². The molecule has 2 amide bonds. The zero-order chi connectivity index (χ0) is 28.3. The van der Waals surface area contributed by atoms with E-state index in [9.17, 15) is 24.3 Å². The molecule has 1 aliphatic rings. The summed E-state index contributed by atoms with van der Waals surface area (Å²) in [6, 6.07) is 0. The summed E-state index contributed by atoms with van der Waals surface area (Å²) in [5, 5.41) is 15.4. The highest BCUT2D eigenvalue weighted by atomic mass is 32.2. The van der Waals surface area contributed by atoms with Crippen LogP contribution >= 0.6 is 11.8 Å². The van der Waals surface area contributed by atoms with E-state index >= 15 is 0 Å². The summed E-state index contributed by atoms with van der Waals surface area (Å²) in [7, 11) is 0. The van der Waals surface area contributed by atoms with Gasteiger partial charge in [-0.3, -0.25) is 19.2 Å². The van der Waals surface area contributed by atoms with Crippen molar-refractivity contribution >= 4 is 34.7 Å². The summed E-state index contributed by atoms with van der Waals surface area (Å²) in [5.74, 6) is -1.23. The van der Waals surface area contributed by atoms with Crippen molar-refractivity contribution in [1.82, 2.24) is 10.6 Å². The number of ether oxygens (including phenoxy) is 3. The quantitative estimate of drug-likeness (QED) is 0.222. The van der Waals surface area contributed by atoms with Crippen molar-refractivity contribution in [2.24, 2.45) is 5.41 Å². The Morgan fingerprint density at radius 3 is 2.38 bits per heavy atom. The first-order valence-electron chi connectivity index (χ1n) is 12.9. The monoisotopic (exact) mass is 546 g/mol. The molecular weight excluding hydrogens is 500 g/mol. The molecule has 1 aliphatic heterocycles. The van der Waals surface area contributed by atoms with Crippen LogP contribution < -0.4 is 10.6 Å². The van der Waals surface area contributed by atoms with Crippen molar-refractivity contribution in [3.63, 3.8) is 0 Å². The molecule has 1 saturated heterocycles. The minimum Gasteiger partial charge on any atom is -0.460 e. The molecule has 10 nitrogen and oxygen atoms in total. The summed E-state index contributed by atoms with van der Waals surface area (Å²) in [6.07, 6.45) is 0.644. The maximum absolute atomic E-state index is 12.6. The van der Waals surface area contributed by atoms with Gasteiger partial charge in [-0.15, -0.1) is 0 Å². The molecular formula is C26H46N2O8S. The summed E-state index contributed by atoms with van der Waals surface area (Å²) in [4.78, 5) is 48.3. The Labute approximate surface area is 225 Å². The van der Waals surface area contributed by atoms with Crippen LogP contribution in [0.25, 0.3) is 0 Å². The van der Waals surface area contributed by atoms with Gasteiger partial charge in [0.25, 0.3) is 0 Å². The molecule has 0 spiro atoms. The number of aliphatic hydroxyl groups is 1. The summed E-state index contributed by atoms with van der Waals surface area (Å²) in [5.41, 5.74) is -0.996. The van der Waals surface area contributed by atoms with Crippen LogP contribution in [0.5, 0.6) is 0 Å². The van der Waals surface area contributed by atoms with Crippen LogP contribution in [0.2, 0.25) is 0 Å². The van der Waals surface area contributed by atoms with Crippen LogP contribution in [0.15, 0.2) is 0 Å². The van der Waals surface area contributed by atoms with E-state index in [-0.39, 0.29) is 48.7 Å². The maximum Gasteiger partial charge on any atom is 0.306 e. The van der Waals surface area contributed by atoms with Gasteiger partial charge in [0.05, 0.1) is 12.7 Å². The molecule has 3 N–H and O–H groups in total. The third kappa shape index (κ3) is 14.7. The van der Waals surface area contributed by atoms with Crippen molar-refractivity contribution in [3.8, 4) is 0 Å². The van der Waals surface area contributed by atoms with Gasteiger partial charge in [0.15, 0.2) is 10.9 Å². The van der Waals surface area contributed by atoms with E-state index in [0.717, 1.165) is 11.8 Å². The lowest BCUT2D eigenvalue weighted by molar-refractivity contribution is -0.304. The van der Waals surface area contributed by atoms with Crippen LogP contribution in [0.4, 0.5) is 0 Å². The molecule has 1 unspecified atom stereocenters. The first-order valence-corrected chi connectivity index (χ1v) is 13.9. The Morgan fingerprint density at radius 2 is 1.73 bits per heavy atom. The Bertz CT molecular complexity index is 779. The molecule has 0 aliphatic carbocycles. The molecule has 0 aromatic carbocycles. The zero-order valence-electron chi connectivity index (χ0n) is 23.4. The fourth-order valence-electron chi connectivity index (χ4n) is 3.55. The number of hydrogen-bond acceptors (Lipinski definition) is 9. The largest absolute Gasteiger partial charge is 0.460 e. The molecule has 0 aromatic rings. The predicted octanol–water partition coefficient (Wildman–Crippen LogP) is 2.70. The second-order valence-electron chi connectivity index (χ2n) is 11.5. The van der Waals surface area contributed by atoms with Crippen molar-refractivity contribution < 1.29 is 38.5 Å². The first-order chi connectivity index (χ1) is 17.0. The minimum atomic E-state index is -0.845. The maximum atomic E-state index is 12.6. The van der Waals surface area contributed by atoms with E-state index in [1.807, 2.05) is 34.6 Å². The fraction of sp³-hybridized carbons (Fsp3) is 0.846. The minimum absolute atomic E-state index is 0.0263. The van der Waals surface area contributed by atoms with Gasteiger partial charge in [-0.2, -0.15) is 0 Å². The number of nitrogens with one attached hydrogen (secondary N) is 2. The van der Waals surface area contributed by atoms with Crippen molar-refractivity contribution in [3.05, 3.63) is 0 Å². The average molecular weight is 547 g/mol. The lowest BCUT2D eigenvalue weighted by Crippen LogP contribution is -2.56. The van der Waals surface area contributed by atoms with E-state index in [2.05, 4.69) is 10.6 Å². The zero-order valence-corrected chi connectivity index (χ0v) is 24.3. The Morgan fingerprint density at radius 1 is 1.05 bits per heavy atom. The van der Waals surface area contributed by atoms with Gasteiger partial charge in [0, 0.05) is 43.5 Å². The number of aliphatic hydroxyl groups excluding tert-OH is 1. The highest BCUT2D eigenvalue weighted by molar-refractivity contribution is 8.13. The number of amides is 2. The predicted molar refractivity (Wildman–Crippen MR) is 142 cm³/mol. The third-order valence-electron chi connectivity index (χ3n) is 5.47. The summed E-state index contributed by atoms with van der Waals surface area (Å²) in [6.45, 7) is 13.6. The number of esters is 1. The van der Waals surface area contributed by atoms with Gasteiger partial charge in [0.1, 0.15) is 11.7 Å². The lowest BCUT2D eigenvalue weighted by Gasteiger charge is -2.44. The highest BCUT2D eigenvalue weighted by Crippen LogP contribution is 2.34. The van der Waals surface area contributed by atoms with Crippen LogP contribution in [0.3, 0.4) is 0 Å². The average Bonchev–Trinajstić information content (AvgIpc) is 2.75. The van der Waals surface area contributed by atoms with Crippen molar-refractivity contribution in [1.29, 1.82) is 0 Å². The molecule has 1 fully saturated rings. The molecule has 0 bridgehead atoms. The van der Waals surface area contributed by atoms with Gasteiger partial charge < -0.3 is 30.0 Å². The number of carbonyl (C=O) groups is 4. The van der Waals surface area contributed by atoms with Crippen LogP contribution in [0, 0.1) is 5.41 Å². The molecule has 1 heterocycles. The van der Waals surface area contributed by atoms with Crippen LogP contribution in [0.1, 0.15) is 87.0 Å². The second-order valence-corrected chi connectivity index (χ2v) is 12.6. The van der Waals surface area contributed by atoms with Crippen molar-refractivity contribution in [2.75, 3.05) is 25.4 Å². The fourth-order valence-corrected chi connectivity index (χ4v) is 4.29. The second kappa shape index (κ2) is 15.0.